The second-order valence-electron chi connectivity index (χ2n) is 4.40. The van der Waals surface area contributed by atoms with Gasteiger partial charge < -0.3 is 15.0 Å². The third-order valence-electron chi connectivity index (χ3n) is 3.03. The minimum atomic E-state index is 0.133. The Hall–Kier alpha value is -0.800. The summed E-state index contributed by atoms with van der Waals surface area (Å²) in [5.74, 6) is 0. The lowest BCUT2D eigenvalue weighted by Gasteiger charge is -2.09. The van der Waals surface area contributed by atoms with Crippen molar-refractivity contribution in [1.82, 2.24) is 4.57 Å². The van der Waals surface area contributed by atoms with E-state index in [2.05, 4.69) is 23.0 Å². The lowest BCUT2D eigenvalue weighted by Crippen LogP contribution is -2.09. The highest BCUT2D eigenvalue weighted by Gasteiger charge is 2.14. The van der Waals surface area contributed by atoms with E-state index >= 15 is 0 Å². The zero-order valence-electron chi connectivity index (χ0n) is 9.36. The van der Waals surface area contributed by atoms with Gasteiger partial charge in [0.25, 0.3) is 0 Å². The van der Waals surface area contributed by atoms with Crippen LogP contribution < -0.4 is 5.73 Å². The number of nitrogens with two attached hydrogens (primary N) is 1. The van der Waals surface area contributed by atoms with Crippen molar-refractivity contribution >= 4 is 0 Å². The van der Waals surface area contributed by atoms with Crippen molar-refractivity contribution in [3.63, 3.8) is 0 Å². The molecule has 2 rings (SSSR count). The van der Waals surface area contributed by atoms with E-state index < -0.39 is 0 Å². The summed E-state index contributed by atoms with van der Waals surface area (Å²) in [4.78, 5) is 0. The van der Waals surface area contributed by atoms with Crippen LogP contribution in [0.5, 0.6) is 0 Å². The number of hydrogen-bond acceptors (Lipinski definition) is 2. The fraction of sp³-hybridized carbons (Fsp3) is 0.667. The van der Waals surface area contributed by atoms with Gasteiger partial charge in [-0.25, -0.2) is 0 Å². The molecule has 3 heteroatoms. The molecule has 0 bridgehead atoms. The Morgan fingerprint density at radius 1 is 1.67 bits per heavy atom. The fourth-order valence-electron chi connectivity index (χ4n) is 2.03. The number of ether oxygens (including phenoxy) is 1. The molecule has 2 N–H and O–H groups in total. The van der Waals surface area contributed by atoms with E-state index in [1.807, 2.05) is 6.92 Å². The predicted octanol–water partition coefficient (Wildman–Crippen LogP) is 2.08. The summed E-state index contributed by atoms with van der Waals surface area (Å²) in [6, 6.07) is 2.23. The molecule has 0 aliphatic carbocycles. The first-order valence-electron chi connectivity index (χ1n) is 5.78. The van der Waals surface area contributed by atoms with Gasteiger partial charge in [-0.3, -0.25) is 0 Å². The van der Waals surface area contributed by atoms with Crippen LogP contribution >= 0.6 is 0 Å². The van der Waals surface area contributed by atoms with Crippen LogP contribution in [0.4, 0.5) is 0 Å². The number of hydrogen-bond donors (Lipinski definition) is 1. The number of nitrogens with zero attached hydrogens (tertiary/aromatic N) is 1. The van der Waals surface area contributed by atoms with Crippen molar-refractivity contribution in [3.05, 3.63) is 24.0 Å². The summed E-state index contributed by atoms with van der Waals surface area (Å²) in [6.07, 6.45) is 8.29. The molecule has 1 aliphatic heterocycles. The molecular weight excluding hydrogens is 188 g/mol. The van der Waals surface area contributed by atoms with Gasteiger partial charge in [0.15, 0.2) is 0 Å². The van der Waals surface area contributed by atoms with Crippen LogP contribution in [0.2, 0.25) is 0 Å². The van der Waals surface area contributed by atoms with Crippen LogP contribution in [0.15, 0.2) is 18.5 Å². The lowest BCUT2D eigenvalue weighted by atomic mass is 10.2. The van der Waals surface area contributed by atoms with Gasteiger partial charge in [-0.15, -0.1) is 0 Å². The summed E-state index contributed by atoms with van der Waals surface area (Å²) in [5, 5.41) is 0. The maximum absolute atomic E-state index is 5.81. The van der Waals surface area contributed by atoms with E-state index in [0.29, 0.717) is 6.10 Å². The van der Waals surface area contributed by atoms with Crippen LogP contribution in [-0.4, -0.2) is 17.3 Å². The van der Waals surface area contributed by atoms with Gasteiger partial charge in [-0.05, 0) is 37.8 Å². The predicted molar refractivity (Wildman–Crippen MR) is 60.6 cm³/mol. The molecule has 1 saturated heterocycles. The smallest absolute Gasteiger partial charge is 0.0593 e. The topological polar surface area (TPSA) is 40.2 Å². The second kappa shape index (κ2) is 4.81. The molecule has 0 saturated carbocycles. The Kier molecular flexibility index (Phi) is 3.44. The first-order valence-corrected chi connectivity index (χ1v) is 5.78. The van der Waals surface area contributed by atoms with Crippen molar-refractivity contribution in [3.8, 4) is 0 Å². The summed E-state index contributed by atoms with van der Waals surface area (Å²) < 4.78 is 7.80. The Morgan fingerprint density at radius 3 is 3.13 bits per heavy atom. The summed E-state index contributed by atoms with van der Waals surface area (Å²) in [7, 11) is 0. The number of rotatable bonds is 4. The highest BCUT2D eigenvalue weighted by atomic mass is 16.5. The Bertz CT molecular complexity index is 300. The molecule has 2 unspecified atom stereocenters. The Morgan fingerprint density at radius 2 is 2.53 bits per heavy atom. The molecule has 2 atom stereocenters. The minimum absolute atomic E-state index is 0.133. The molecule has 3 nitrogen and oxygen atoms in total. The van der Waals surface area contributed by atoms with Crippen molar-refractivity contribution < 1.29 is 4.74 Å². The minimum Gasteiger partial charge on any atom is -0.378 e. The quantitative estimate of drug-likeness (QED) is 0.823. The first kappa shape index (κ1) is 10.7. The SMILES string of the molecule is CC(N)c1ccn(CCC2CCCO2)c1. The molecule has 0 spiro atoms. The fourth-order valence-corrected chi connectivity index (χ4v) is 2.03. The van der Waals surface area contributed by atoms with Gasteiger partial charge in [0.1, 0.15) is 0 Å². The molecule has 84 valence electrons. The van der Waals surface area contributed by atoms with Gasteiger partial charge in [0.05, 0.1) is 6.10 Å². The van der Waals surface area contributed by atoms with Crippen molar-refractivity contribution in [2.75, 3.05) is 6.61 Å². The maximum atomic E-state index is 5.81. The van der Waals surface area contributed by atoms with E-state index in [0.717, 1.165) is 19.6 Å². The normalized spacial score (nSPS) is 23.2. The van der Waals surface area contributed by atoms with Gasteiger partial charge in [0, 0.05) is 31.6 Å². The van der Waals surface area contributed by atoms with E-state index in [1.54, 1.807) is 0 Å². The molecule has 1 fully saturated rings. The third-order valence-corrected chi connectivity index (χ3v) is 3.03. The number of aromatic nitrogens is 1. The molecule has 1 aromatic rings. The van der Waals surface area contributed by atoms with E-state index in [1.165, 1.54) is 18.4 Å². The van der Waals surface area contributed by atoms with Crippen molar-refractivity contribution in [2.45, 2.75) is 44.9 Å². The van der Waals surface area contributed by atoms with E-state index in [4.69, 9.17) is 10.5 Å². The average molecular weight is 208 g/mol. The number of aryl methyl sites for hydroxylation is 1. The molecule has 1 aliphatic rings. The van der Waals surface area contributed by atoms with Gasteiger partial charge in [0.2, 0.25) is 0 Å². The summed E-state index contributed by atoms with van der Waals surface area (Å²) in [5.41, 5.74) is 7.02. The zero-order valence-corrected chi connectivity index (χ0v) is 9.36. The second-order valence-corrected chi connectivity index (χ2v) is 4.40. The lowest BCUT2D eigenvalue weighted by molar-refractivity contribution is 0.100. The van der Waals surface area contributed by atoms with E-state index in [-0.39, 0.29) is 6.04 Å². The summed E-state index contributed by atoms with van der Waals surface area (Å²) >= 11 is 0. The first-order chi connectivity index (χ1) is 7.25. The highest BCUT2D eigenvalue weighted by molar-refractivity contribution is 5.13. The van der Waals surface area contributed by atoms with Crippen LogP contribution in [0, 0.1) is 0 Å². The van der Waals surface area contributed by atoms with Crippen LogP contribution in [0.3, 0.4) is 0 Å². The highest BCUT2D eigenvalue weighted by Crippen LogP contribution is 2.17. The van der Waals surface area contributed by atoms with Gasteiger partial charge in [-0.2, -0.15) is 0 Å². The Balaban J connectivity index is 1.82. The summed E-state index contributed by atoms with van der Waals surface area (Å²) in [6.45, 7) is 4.00. The van der Waals surface area contributed by atoms with E-state index in [9.17, 15) is 0 Å². The standard InChI is InChI=1S/C12H20N2O/c1-10(13)11-4-6-14(9-11)7-5-12-3-2-8-15-12/h4,6,9-10,12H,2-3,5,7-8,13H2,1H3. The van der Waals surface area contributed by atoms with Crippen LogP contribution in [-0.2, 0) is 11.3 Å². The molecule has 15 heavy (non-hydrogen) atoms. The largest absolute Gasteiger partial charge is 0.378 e. The van der Waals surface area contributed by atoms with Crippen LogP contribution in [0.25, 0.3) is 0 Å². The van der Waals surface area contributed by atoms with Crippen molar-refractivity contribution in [1.29, 1.82) is 0 Å². The monoisotopic (exact) mass is 208 g/mol. The molecule has 1 aromatic heterocycles. The average Bonchev–Trinajstić information content (AvgIpc) is 2.86. The molecular formula is C12H20N2O. The molecule has 2 heterocycles. The molecule has 0 aromatic carbocycles. The van der Waals surface area contributed by atoms with Gasteiger partial charge >= 0.3 is 0 Å². The zero-order chi connectivity index (χ0) is 10.7. The molecule has 0 radical (unpaired) electrons. The maximum Gasteiger partial charge on any atom is 0.0593 e. The van der Waals surface area contributed by atoms with Gasteiger partial charge in [-0.1, -0.05) is 0 Å². The van der Waals surface area contributed by atoms with Crippen molar-refractivity contribution in [2.24, 2.45) is 5.73 Å². The third kappa shape index (κ3) is 2.83. The molecule has 0 amide bonds. The van der Waals surface area contributed by atoms with Crippen LogP contribution in [0.1, 0.15) is 37.8 Å². The Labute approximate surface area is 91.2 Å².